The molecule has 0 bridgehead atoms. The number of hydrogen-bond donors (Lipinski definition) is 2. The van der Waals surface area contributed by atoms with Gasteiger partial charge in [-0.25, -0.2) is 0 Å². The molecule has 0 radical (unpaired) electrons. The first-order chi connectivity index (χ1) is 11.0. The van der Waals surface area contributed by atoms with Crippen molar-refractivity contribution in [2.75, 3.05) is 13.7 Å². The summed E-state index contributed by atoms with van der Waals surface area (Å²) in [7, 11) is 1.70. The zero-order valence-electron chi connectivity index (χ0n) is 12.9. The molecule has 23 heavy (non-hydrogen) atoms. The van der Waals surface area contributed by atoms with Gasteiger partial charge in [0.25, 0.3) is 5.91 Å². The molecule has 1 saturated carbocycles. The Morgan fingerprint density at radius 2 is 2.13 bits per heavy atom. The monoisotopic (exact) mass is 399 g/mol. The summed E-state index contributed by atoms with van der Waals surface area (Å²) >= 11 is 9.62. The first-order valence-corrected chi connectivity index (χ1v) is 8.84. The molecular formula is C17H19BrClNO3. The van der Waals surface area contributed by atoms with Crippen LogP contribution in [0.2, 0.25) is 5.02 Å². The van der Waals surface area contributed by atoms with E-state index >= 15 is 0 Å². The number of rotatable bonds is 3. The topological polar surface area (TPSA) is 58.6 Å². The number of halogens is 2. The fourth-order valence-corrected chi connectivity index (χ4v) is 4.13. The standard InChI is InChI=1S/C17H19BrClNO3/c1-23-9-10-4-6-17(7-5-10)15(21)14(16(22)20-17)12-8-11(18)2-3-13(12)19/h2-3,8,10,21H,4-7,9H2,1H3,(H,20,22)/t10-,17+. The minimum absolute atomic E-state index is 0.123. The van der Waals surface area contributed by atoms with E-state index < -0.39 is 5.54 Å². The van der Waals surface area contributed by atoms with E-state index in [0.29, 0.717) is 34.9 Å². The van der Waals surface area contributed by atoms with Crippen LogP contribution >= 0.6 is 27.5 Å². The number of hydrogen-bond acceptors (Lipinski definition) is 3. The number of benzene rings is 1. The van der Waals surface area contributed by atoms with Crippen LogP contribution in [0, 0.1) is 5.92 Å². The van der Waals surface area contributed by atoms with Crippen LogP contribution in [0.15, 0.2) is 28.4 Å². The van der Waals surface area contributed by atoms with Gasteiger partial charge in [-0.1, -0.05) is 27.5 Å². The molecule has 0 unspecified atom stereocenters. The normalized spacial score (nSPS) is 27.6. The molecule has 1 amide bonds. The second-order valence-corrected chi connectivity index (χ2v) is 7.61. The van der Waals surface area contributed by atoms with Crippen molar-refractivity contribution in [1.29, 1.82) is 0 Å². The van der Waals surface area contributed by atoms with E-state index in [-0.39, 0.29) is 11.7 Å². The second-order valence-electron chi connectivity index (χ2n) is 6.28. The summed E-state index contributed by atoms with van der Waals surface area (Å²) in [5, 5.41) is 14.3. The van der Waals surface area contributed by atoms with Crippen molar-refractivity contribution in [2.24, 2.45) is 5.92 Å². The summed E-state index contributed by atoms with van der Waals surface area (Å²) in [5.74, 6) is 0.347. The van der Waals surface area contributed by atoms with E-state index in [2.05, 4.69) is 21.2 Å². The fraction of sp³-hybridized carbons (Fsp3) is 0.471. The molecule has 1 spiro atoms. The zero-order valence-corrected chi connectivity index (χ0v) is 15.2. The second kappa shape index (κ2) is 6.46. The van der Waals surface area contributed by atoms with Gasteiger partial charge in [0.05, 0.1) is 11.1 Å². The molecule has 6 heteroatoms. The van der Waals surface area contributed by atoms with Crippen molar-refractivity contribution in [3.8, 4) is 0 Å². The SMILES string of the molecule is COC[C@H]1CC[C@]2(CC1)NC(=O)C(c1cc(Br)ccc1Cl)=C2O. The number of ether oxygens (including phenoxy) is 1. The Morgan fingerprint density at radius 3 is 2.78 bits per heavy atom. The van der Waals surface area contributed by atoms with Gasteiger partial charge in [-0.2, -0.15) is 0 Å². The third kappa shape index (κ3) is 3.02. The Hall–Kier alpha value is -1.04. The van der Waals surface area contributed by atoms with Crippen LogP contribution < -0.4 is 5.32 Å². The van der Waals surface area contributed by atoms with Crippen LogP contribution in [-0.4, -0.2) is 30.3 Å². The lowest BCUT2D eigenvalue weighted by atomic mass is 9.76. The van der Waals surface area contributed by atoms with Gasteiger partial charge in [-0.15, -0.1) is 0 Å². The third-order valence-corrected chi connectivity index (χ3v) is 5.65. The van der Waals surface area contributed by atoms with E-state index in [1.165, 1.54) is 0 Å². The molecule has 4 nitrogen and oxygen atoms in total. The van der Waals surface area contributed by atoms with Crippen LogP contribution in [-0.2, 0) is 9.53 Å². The number of carbonyl (C=O) groups is 1. The van der Waals surface area contributed by atoms with Gasteiger partial charge >= 0.3 is 0 Å². The number of aliphatic hydroxyl groups is 1. The number of aliphatic hydroxyl groups excluding tert-OH is 1. The lowest BCUT2D eigenvalue weighted by molar-refractivity contribution is -0.116. The van der Waals surface area contributed by atoms with Gasteiger partial charge < -0.3 is 15.2 Å². The Balaban J connectivity index is 1.94. The molecule has 0 saturated heterocycles. The molecule has 1 aromatic rings. The summed E-state index contributed by atoms with van der Waals surface area (Å²) < 4.78 is 6.03. The van der Waals surface area contributed by atoms with Crippen molar-refractivity contribution in [3.05, 3.63) is 39.0 Å². The van der Waals surface area contributed by atoms with Crippen molar-refractivity contribution >= 4 is 39.0 Å². The van der Waals surface area contributed by atoms with Crippen LogP contribution in [0.5, 0.6) is 0 Å². The number of amides is 1. The quantitative estimate of drug-likeness (QED) is 0.804. The molecule has 124 valence electrons. The van der Waals surface area contributed by atoms with E-state index in [9.17, 15) is 9.90 Å². The first kappa shape index (κ1) is 16.8. The minimum atomic E-state index is -0.650. The van der Waals surface area contributed by atoms with Crippen LogP contribution in [0.3, 0.4) is 0 Å². The average molecular weight is 401 g/mol. The Labute approximate surface area is 149 Å². The fourth-order valence-electron chi connectivity index (χ4n) is 3.56. The minimum Gasteiger partial charge on any atom is -0.509 e. The molecule has 3 rings (SSSR count). The maximum Gasteiger partial charge on any atom is 0.256 e. The summed E-state index contributed by atoms with van der Waals surface area (Å²) in [5.41, 5.74) is 0.205. The van der Waals surface area contributed by atoms with Gasteiger partial charge in [-0.3, -0.25) is 4.79 Å². The molecule has 0 atom stereocenters. The zero-order chi connectivity index (χ0) is 16.6. The van der Waals surface area contributed by atoms with E-state index in [0.717, 1.165) is 23.9 Å². The highest BCUT2D eigenvalue weighted by Gasteiger charge is 2.48. The number of nitrogens with one attached hydrogen (secondary N) is 1. The molecule has 1 aromatic carbocycles. The molecule has 0 aromatic heterocycles. The summed E-state index contributed by atoms with van der Waals surface area (Å²) in [6, 6.07) is 5.29. The molecule has 1 aliphatic heterocycles. The van der Waals surface area contributed by atoms with Gasteiger partial charge in [-0.05, 0) is 49.8 Å². The van der Waals surface area contributed by atoms with Crippen molar-refractivity contribution < 1.29 is 14.6 Å². The van der Waals surface area contributed by atoms with Crippen molar-refractivity contribution in [2.45, 2.75) is 31.2 Å². The largest absolute Gasteiger partial charge is 0.509 e. The highest BCUT2D eigenvalue weighted by molar-refractivity contribution is 9.10. The van der Waals surface area contributed by atoms with Crippen LogP contribution in [0.25, 0.3) is 5.57 Å². The van der Waals surface area contributed by atoms with Gasteiger partial charge in [0, 0.05) is 28.8 Å². The molecular weight excluding hydrogens is 382 g/mol. The lowest BCUT2D eigenvalue weighted by Crippen LogP contribution is -2.47. The third-order valence-electron chi connectivity index (χ3n) is 4.83. The highest BCUT2D eigenvalue weighted by Crippen LogP contribution is 2.44. The van der Waals surface area contributed by atoms with Crippen LogP contribution in [0.4, 0.5) is 0 Å². The van der Waals surface area contributed by atoms with Crippen molar-refractivity contribution in [3.63, 3.8) is 0 Å². The first-order valence-electron chi connectivity index (χ1n) is 7.67. The lowest BCUT2D eigenvalue weighted by Gasteiger charge is -2.37. The molecule has 1 aliphatic carbocycles. The van der Waals surface area contributed by atoms with E-state index in [4.69, 9.17) is 16.3 Å². The summed E-state index contributed by atoms with van der Waals surface area (Å²) in [6.07, 6.45) is 3.26. The Morgan fingerprint density at radius 1 is 1.43 bits per heavy atom. The number of carbonyl (C=O) groups excluding carboxylic acids is 1. The highest BCUT2D eigenvalue weighted by atomic mass is 79.9. The smallest absolute Gasteiger partial charge is 0.256 e. The Kier molecular flexibility index (Phi) is 4.72. The van der Waals surface area contributed by atoms with Crippen molar-refractivity contribution in [1.82, 2.24) is 5.32 Å². The van der Waals surface area contributed by atoms with E-state index in [1.807, 2.05) is 6.07 Å². The molecule has 1 fully saturated rings. The van der Waals surface area contributed by atoms with E-state index in [1.54, 1.807) is 19.2 Å². The van der Waals surface area contributed by atoms with Gasteiger partial charge in [0.2, 0.25) is 0 Å². The number of methoxy groups -OCH3 is 1. The van der Waals surface area contributed by atoms with Gasteiger partial charge in [0.15, 0.2) is 0 Å². The van der Waals surface area contributed by atoms with Gasteiger partial charge in [0.1, 0.15) is 5.76 Å². The summed E-state index contributed by atoms with van der Waals surface area (Å²) in [4.78, 5) is 12.5. The maximum atomic E-state index is 12.5. The molecule has 1 heterocycles. The summed E-state index contributed by atoms with van der Waals surface area (Å²) in [6.45, 7) is 0.721. The predicted octanol–water partition coefficient (Wildman–Crippen LogP) is 4.08. The predicted molar refractivity (Wildman–Crippen MR) is 93.4 cm³/mol. The molecule has 2 N–H and O–H groups in total. The van der Waals surface area contributed by atoms with Crippen LogP contribution in [0.1, 0.15) is 31.2 Å². The Bertz CT molecular complexity index is 666. The maximum absolute atomic E-state index is 12.5. The average Bonchev–Trinajstić information content (AvgIpc) is 2.76. The molecule has 2 aliphatic rings.